The molecule has 1 aliphatic rings. The van der Waals surface area contributed by atoms with Gasteiger partial charge in [-0.1, -0.05) is 13.0 Å². The minimum absolute atomic E-state index is 0.473. The van der Waals surface area contributed by atoms with Crippen LogP contribution in [0.15, 0.2) is 18.2 Å². The summed E-state index contributed by atoms with van der Waals surface area (Å²) in [5.74, 6) is 0.814. The Bertz CT molecular complexity index is 388. The Balaban J connectivity index is 1.96. The van der Waals surface area contributed by atoms with Gasteiger partial charge < -0.3 is 5.32 Å². The van der Waals surface area contributed by atoms with Gasteiger partial charge in [-0.2, -0.15) is 5.26 Å². The van der Waals surface area contributed by atoms with Crippen LogP contribution < -0.4 is 5.32 Å². The second-order valence-electron chi connectivity index (χ2n) is 4.23. The minimum atomic E-state index is 0.473. The summed E-state index contributed by atoms with van der Waals surface area (Å²) in [5.41, 5.74) is 0.978. The van der Waals surface area contributed by atoms with Crippen molar-refractivity contribution in [3.63, 3.8) is 0 Å². The molecule has 1 heterocycles. The third-order valence-electron chi connectivity index (χ3n) is 3.22. The Hall–Kier alpha value is -1.56. The highest BCUT2D eigenvalue weighted by molar-refractivity contribution is 5.38. The number of aromatic nitrogens is 1. The van der Waals surface area contributed by atoms with Crippen LogP contribution in [-0.2, 0) is 0 Å². The quantitative estimate of drug-likeness (QED) is 0.814. The molecule has 0 radical (unpaired) electrons. The Labute approximate surface area is 90.1 Å². The van der Waals surface area contributed by atoms with Crippen LogP contribution in [0.4, 0.5) is 5.82 Å². The van der Waals surface area contributed by atoms with Crippen LogP contribution in [0.1, 0.15) is 31.9 Å². The van der Waals surface area contributed by atoms with Gasteiger partial charge in [0.15, 0.2) is 0 Å². The second-order valence-corrected chi connectivity index (χ2v) is 4.23. The van der Waals surface area contributed by atoms with E-state index in [1.54, 1.807) is 6.07 Å². The standard InChI is InChI=1S/C12H15N3/c1-2-12(6-7-12)9-14-11-5-3-4-10(8-13)15-11/h3-5H,2,6-7,9H2,1H3,(H,14,15). The molecule has 0 unspecified atom stereocenters. The number of pyridine rings is 1. The molecule has 1 aromatic heterocycles. The highest BCUT2D eigenvalue weighted by Crippen LogP contribution is 2.48. The Kier molecular flexibility index (Phi) is 2.59. The van der Waals surface area contributed by atoms with Crippen molar-refractivity contribution < 1.29 is 0 Å². The number of nitrogens with one attached hydrogen (secondary N) is 1. The molecular weight excluding hydrogens is 186 g/mol. The van der Waals surface area contributed by atoms with Crippen molar-refractivity contribution in [2.24, 2.45) is 5.41 Å². The van der Waals surface area contributed by atoms with Crippen LogP contribution in [0.3, 0.4) is 0 Å². The maximum absolute atomic E-state index is 8.71. The fraction of sp³-hybridized carbons (Fsp3) is 0.500. The fourth-order valence-corrected chi connectivity index (χ4v) is 1.71. The van der Waals surface area contributed by atoms with Gasteiger partial charge in [-0.15, -0.1) is 0 Å². The fourth-order valence-electron chi connectivity index (χ4n) is 1.71. The van der Waals surface area contributed by atoms with Crippen molar-refractivity contribution in [2.45, 2.75) is 26.2 Å². The molecule has 0 aliphatic heterocycles. The van der Waals surface area contributed by atoms with E-state index < -0.39 is 0 Å². The first kappa shape index (κ1) is 9.97. The highest BCUT2D eigenvalue weighted by atomic mass is 15.0. The summed E-state index contributed by atoms with van der Waals surface area (Å²) in [7, 11) is 0. The number of nitrogens with zero attached hydrogens (tertiary/aromatic N) is 2. The zero-order chi connectivity index (χ0) is 10.7. The van der Waals surface area contributed by atoms with Gasteiger partial charge in [-0.05, 0) is 36.8 Å². The van der Waals surface area contributed by atoms with Crippen molar-refractivity contribution in [3.8, 4) is 6.07 Å². The Morgan fingerprint density at radius 1 is 1.53 bits per heavy atom. The van der Waals surface area contributed by atoms with Crippen LogP contribution in [0, 0.1) is 16.7 Å². The predicted octanol–water partition coefficient (Wildman–Crippen LogP) is 2.56. The number of anilines is 1. The van der Waals surface area contributed by atoms with Gasteiger partial charge in [0, 0.05) is 6.54 Å². The zero-order valence-corrected chi connectivity index (χ0v) is 8.95. The molecule has 1 aliphatic carbocycles. The molecule has 0 atom stereocenters. The molecule has 2 rings (SSSR count). The lowest BCUT2D eigenvalue weighted by atomic mass is 10.0. The van der Waals surface area contributed by atoms with Gasteiger partial charge in [-0.25, -0.2) is 4.98 Å². The van der Waals surface area contributed by atoms with Crippen LogP contribution in [0.2, 0.25) is 0 Å². The zero-order valence-electron chi connectivity index (χ0n) is 8.95. The first-order valence-electron chi connectivity index (χ1n) is 5.39. The van der Waals surface area contributed by atoms with Crippen molar-refractivity contribution in [1.82, 2.24) is 4.98 Å². The van der Waals surface area contributed by atoms with E-state index in [4.69, 9.17) is 5.26 Å². The van der Waals surface area contributed by atoms with E-state index in [0.717, 1.165) is 12.4 Å². The molecule has 1 N–H and O–H groups in total. The van der Waals surface area contributed by atoms with Crippen molar-refractivity contribution >= 4 is 5.82 Å². The van der Waals surface area contributed by atoms with Gasteiger partial charge in [0.05, 0.1) is 0 Å². The number of hydrogen-bond donors (Lipinski definition) is 1. The molecule has 1 saturated carbocycles. The van der Waals surface area contributed by atoms with E-state index in [9.17, 15) is 0 Å². The summed E-state index contributed by atoms with van der Waals surface area (Å²) in [6.45, 7) is 3.21. The van der Waals surface area contributed by atoms with Gasteiger partial charge in [0.25, 0.3) is 0 Å². The lowest BCUT2D eigenvalue weighted by Gasteiger charge is -2.13. The molecule has 15 heavy (non-hydrogen) atoms. The first-order valence-corrected chi connectivity index (χ1v) is 5.39. The Morgan fingerprint density at radius 2 is 2.33 bits per heavy atom. The summed E-state index contributed by atoms with van der Waals surface area (Å²) in [4.78, 5) is 4.18. The van der Waals surface area contributed by atoms with E-state index in [-0.39, 0.29) is 0 Å². The summed E-state index contributed by atoms with van der Waals surface area (Å²) in [6, 6.07) is 7.53. The van der Waals surface area contributed by atoms with Gasteiger partial charge in [0.1, 0.15) is 17.6 Å². The number of nitriles is 1. The van der Waals surface area contributed by atoms with Crippen molar-refractivity contribution in [1.29, 1.82) is 5.26 Å². The molecule has 0 saturated heterocycles. The van der Waals surface area contributed by atoms with Crippen LogP contribution in [0.5, 0.6) is 0 Å². The highest BCUT2D eigenvalue weighted by Gasteiger charge is 2.40. The van der Waals surface area contributed by atoms with Gasteiger partial charge in [-0.3, -0.25) is 0 Å². The molecular formula is C12H15N3. The topological polar surface area (TPSA) is 48.7 Å². The molecule has 0 amide bonds. The maximum atomic E-state index is 8.71. The van der Waals surface area contributed by atoms with Gasteiger partial charge in [0.2, 0.25) is 0 Å². The molecule has 1 aromatic rings. The minimum Gasteiger partial charge on any atom is -0.369 e. The summed E-state index contributed by atoms with van der Waals surface area (Å²) in [5, 5.41) is 12.0. The number of hydrogen-bond acceptors (Lipinski definition) is 3. The largest absolute Gasteiger partial charge is 0.369 e. The summed E-state index contributed by atoms with van der Waals surface area (Å²) in [6.07, 6.45) is 3.85. The SMILES string of the molecule is CCC1(CNc2cccc(C#N)n2)CC1. The molecule has 0 bridgehead atoms. The van der Waals surface area contributed by atoms with Crippen molar-refractivity contribution in [2.75, 3.05) is 11.9 Å². The average molecular weight is 201 g/mol. The molecule has 3 heteroatoms. The van der Waals surface area contributed by atoms with E-state index in [1.165, 1.54) is 19.3 Å². The summed E-state index contributed by atoms with van der Waals surface area (Å²) >= 11 is 0. The maximum Gasteiger partial charge on any atom is 0.142 e. The van der Waals surface area contributed by atoms with Crippen molar-refractivity contribution in [3.05, 3.63) is 23.9 Å². The molecule has 0 spiro atoms. The normalized spacial score (nSPS) is 16.8. The van der Waals surface area contributed by atoms with Crippen LogP contribution in [0.25, 0.3) is 0 Å². The number of rotatable bonds is 4. The van der Waals surface area contributed by atoms with Crippen LogP contribution in [-0.4, -0.2) is 11.5 Å². The Morgan fingerprint density at radius 3 is 2.93 bits per heavy atom. The van der Waals surface area contributed by atoms with E-state index in [0.29, 0.717) is 11.1 Å². The molecule has 78 valence electrons. The van der Waals surface area contributed by atoms with E-state index in [2.05, 4.69) is 17.2 Å². The van der Waals surface area contributed by atoms with E-state index in [1.807, 2.05) is 18.2 Å². The monoisotopic (exact) mass is 201 g/mol. The molecule has 3 nitrogen and oxygen atoms in total. The molecule has 0 aromatic carbocycles. The predicted molar refractivity (Wildman–Crippen MR) is 59.4 cm³/mol. The second kappa shape index (κ2) is 3.90. The smallest absolute Gasteiger partial charge is 0.142 e. The average Bonchev–Trinajstić information content (AvgIpc) is 3.07. The summed E-state index contributed by atoms with van der Waals surface area (Å²) < 4.78 is 0. The first-order chi connectivity index (χ1) is 7.28. The lowest BCUT2D eigenvalue weighted by molar-refractivity contribution is 0.520. The van der Waals surface area contributed by atoms with E-state index >= 15 is 0 Å². The third kappa shape index (κ3) is 2.27. The third-order valence-corrected chi connectivity index (χ3v) is 3.22. The van der Waals surface area contributed by atoms with Crippen LogP contribution >= 0.6 is 0 Å². The lowest BCUT2D eigenvalue weighted by Crippen LogP contribution is -2.15. The van der Waals surface area contributed by atoms with Gasteiger partial charge >= 0.3 is 0 Å². The molecule has 1 fully saturated rings.